The lowest BCUT2D eigenvalue weighted by molar-refractivity contribution is -0.122. The van der Waals surface area contributed by atoms with Gasteiger partial charge in [0.15, 0.2) is 0 Å². The minimum Gasteiger partial charge on any atom is -0.355 e. The molecule has 0 aromatic heterocycles. The number of carbonyl (C=O) groups is 1. The van der Waals surface area contributed by atoms with Gasteiger partial charge >= 0.3 is 0 Å². The van der Waals surface area contributed by atoms with E-state index < -0.39 is 0 Å². The van der Waals surface area contributed by atoms with E-state index in [0.29, 0.717) is 0 Å². The van der Waals surface area contributed by atoms with Crippen molar-refractivity contribution in [3.63, 3.8) is 0 Å². The number of hydrogen-bond acceptors (Lipinski definition) is 2. The topological polar surface area (TPSA) is 41.1 Å². The van der Waals surface area contributed by atoms with Crippen LogP contribution in [0.15, 0.2) is 0 Å². The van der Waals surface area contributed by atoms with Gasteiger partial charge in [0.05, 0.1) is 6.04 Å². The van der Waals surface area contributed by atoms with E-state index in [9.17, 15) is 4.79 Å². The first kappa shape index (κ1) is 13.5. The standard InChI is InChI=1S/C13H26N2O/c1-3-9-15-13(16)11(2)14-10-8-12-6-4-5-7-12/h11-12,14H,3-10H2,1-2H3,(H,15,16). The van der Waals surface area contributed by atoms with Gasteiger partial charge in [-0.2, -0.15) is 0 Å². The zero-order valence-corrected chi connectivity index (χ0v) is 10.7. The van der Waals surface area contributed by atoms with Crippen LogP contribution in [0, 0.1) is 5.92 Å². The highest BCUT2D eigenvalue weighted by molar-refractivity contribution is 5.81. The molecule has 0 heterocycles. The average Bonchev–Trinajstić information content (AvgIpc) is 2.78. The minimum atomic E-state index is -0.0482. The average molecular weight is 226 g/mol. The van der Waals surface area contributed by atoms with E-state index in [1.165, 1.54) is 32.1 Å². The second kappa shape index (κ2) is 7.66. The molecule has 94 valence electrons. The van der Waals surface area contributed by atoms with E-state index in [4.69, 9.17) is 0 Å². The largest absolute Gasteiger partial charge is 0.355 e. The third-order valence-electron chi connectivity index (χ3n) is 3.42. The van der Waals surface area contributed by atoms with Crippen LogP contribution in [0.3, 0.4) is 0 Å². The van der Waals surface area contributed by atoms with Gasteiger partial charge in [-0.3, -0.25) is 4.79 Å². The molecular weight excluding hydrogens is 200 g/mol. The van der Waals surface area contributed by atoms with E-state index in [2.05, 4.69) is 17.6 Å². The number of rotatable bonds is 7. The van der Waals surface area contributed by atoms with Gasteiger partial charge in [-0.1, -0.05) is 32.6 Å². The number of amides is 1. The van der Waals surface area contributed by atoms with Crippen LogP contribution < -0.4 is 10.6 Å². The molecule has 1 aliphatic carbocycles. The van der Waals surface area contributed by atoms with Crippen molar-refractivity contribution in [2.75, 3.05) is 13.1 Å². The second-order valence-corrected chi connectivity index (χ2v) is 4.91. The highest BCUT2D eigenvalue weighted by Gasteiger charge is 2.16. The maximum absolute atomic E-state index is 11.6. The van der Waals surface area contributed by atoms with Crippen molar-refractivity contribution >= 4 is 5.91 Å². The maximum atomic E-state index is 11.6. The first-order valence-electron chi connectivity index (χ1n) is 6.75. The third kappa shape index (κ3) is 4.97. The van der Waals surface area contributed by atoms with Crippen LogP contribution in [-0.2, 0) is 4.79 Å². The number of carbonyl (C=O) groups excluding carboxylic acids is 1. The molecule has 1 fully saturated rings. The molecule has 1 aliphatic rings. The Hall–Kier alpha value is -0.570. The summed E-state index contributed by atoms with van der Waals surface area (Å²) >= 11 is 0. The summed E-state index contributed by atoms with van der Waals surface area (Å²) in [5, 5.41) is 6.22. The summed E-state index contributed by atoms with van der Waals surface area (Å²) in [4.78, 5) is 11.6. The van der Waals surface area contributed by atoms with Crippen molar-refractivity contribution in [3.05, 3.63) is 0 Å². The normalized spacial score (nSPS) is 18.6. The lowest BCUT2D eigenvalue weighted by Gasteiger charge is -2.15. The van der Waals surface area contributed by atoms with Gasteiger partial charge in [0.25, 0.3) is 0 Å². The lowest BCUT2D eigenvalue weighted by atomic mass is 10.0. The van der Waals surface area contributed by atoms with Gasteiger partial charge in [-0.05, 0) is 32.2 Å². The van der Waals surface area contributed by atoms with Crippen LogP contribution in [0.4, 0.5) is 0 Å². The molecule has 1 rings (SSSR count). The smallest absolute Gasteiger partial charge is 0.236 e. The number of nitrogens with one attached hydrogen (secondary N) is 2. The summed E-state index contributed by atoms with van der Waals surface area (Å²) in [6.07, 6.45) is 7.80. The molecule has 0 radical (unpaired) electrons. The lowest BCUT2D eigenvalue weighted by Crippen LogP contribution is -2.42. The predicted octanol–water partition coefficient (Wildman–Crippen LogP) is 2.07. The number of hydrogen-bond donors (Lipinski definition) is 2. The van der Waals surface area contributed by atoms with Crippen LogP contribution in [-0.4, -0.2) is 25.0 Å². The first-order chi connectivity index (χ1) is 7.74. The third-order valence-corrected chi connectivity index (χ3v) is 3.42. The van der Waals surface area contributed by atoms with Crippen molar-refractivity contribution < 1.29 is 4.79 Å². The minimum absolute atomic E-state index is 0.0482. The highest BCUT2D eigenvalue weighted by Crippen LogP contribution is 2.26. The summed E-state index contributed by atoms with van der Waals surface area (Å²) in [5.41, 5.74) is 0. The van der Waals surface area contributed by atoms with Crippen molar-refractivity contribution in [2.45, 2.75) is 58.4 Å². The van der Waals surface area contributed by atoms with Gasteiger partial charge in [-0.25, -0.2) is 0 Å². The second-order valence-electron chi connectivity index (χ2n) is 4.91. The van der Waals surface area contributed by atoms with Crippen LogP contribution in [0.25, 0.3) is 0 Å². The van der Waals surface area contributed by atoms with E-state index in [-0.39, 0.29) is 11.9 Å². The molecule has 0 saturated heterocycles. The molecule has 1 amide bonds. The van der Waals surface area contributed by atoms with Crippen molar-refractivity contribution in [1.29, 1.82) is 0 Å². The molecule has 0 bridgehead atoms. The molecule has 1 atom stereocenters. The summed E-state index contributed by atoms with van der Waals surface area (Å²) in [6.45, 7) is 5.77. The van der Waals surface area contributed by atoms with Crippen molar-refractivity contribution in [2.24, 2.45) is 5.92 Å². The van der Waals surface area contributed by atoms with Crippen LogP contribution in [0.2, 0.25) is 0 Å². The van der Waals surface area contributed by atoms with Gasteiger partial charge in [0.1, 0.15) is 0 Å². The molecule has 3 nitrogen and oxygen atoms in total. The van der Waals surface area contributed by atoms with E-state index in [1.54, 1.807) is 0 Å². The molecule has 0 aromatic carbocycles. The van der Waals surface area contributed by atoms with E-state index >= 15 is 0 Å². The first-order valence-corrected chi connectivity index (χ1v) is 6.75. The Bertz CT molecular complexity index is 200. The predicted molar refractivity (Wildman–Crippen MR) is 67.3 cm³/mol. The van der Waals surface area contributed by atoms with Crippen molar-refractivity contribution in [3.8, 4) is 0 Å². The fourth-order valence-electron chi connectivity index (χ4n) is 2.30. The molecule has 3 heteroatoms. The van der Waals surface area contributed by atoms with Gasteiger partial charge in [0.2, 0.25) is 5.91 Å². The molecule has 0 aliphatic heterocycles. The Morgan fingerprint density at radius 3 is 2.62 bits per heavy atom. The Balaban J connectivity index is 2.04. The summed E-state index contributed by atoms with van der Waals surface area (Å²) in [5.74, 6) is 1.03. The van der Waals surface area contributed by atoms with E-state index in [1.807, 2.05) is 6.92 Å². The molecule has 1 unspecified atom stereocenters. The molecule has 1 saturated carbocycles. The molecule has 16 heavy (non-hydrogen) atoms. The van der Waals surface area contributed by atoms with Crippen molar-refractivity contribution in [1.82, 2.24) is 10.6 Å². The zero-order valence-electron chi connectivity index (χ0n) is 10.7. The fourth-order valence-corrected chi connectivity index (χ4v) is 2.30. The molecule has 0 spiro atoms. The molecule has 2 N–H and O–H groups in total. The Morgan fingerprint density at radius 2 is 2.00 bits per heavy atom. The molecule has 0 aromatic rings. The van der Waals surface area contributed by atoms with Crippen LogP contribution >= 0.6 is 0 Å². The quantitative estimate of drug-likeness (QED) is 0.698. The highest BCUT2D eigenvalue weighted by atomic mass is 16.2. The summed E-state index contributed by atoms with van der Waals surface area (Å²) in [6, 6.07) is -0.0482. The van der Waals surface area contributed by atoms with E-state index in [0.717, 1.165) is 25.4 Å². The van der Waals surface area contributed by atoms with Gasteiger partial charge < -0.3 is 10.6 Å². The zero-order chi connectivity index (χ0) is 11.8. The Morgan fingerprint density at radius 1 is 1.31 bits per heavy atom. The van der Waals surface area contributed by atoms with Crippen LogP contribution in [0.1, 0.15) is 52.4 Å². The Kier molecular flexibility index (Phi) is 6.46. The summed E-state index contributed by atoms with van der Waals surface area (Å²) < 4.78 is 0. The summed E-state index contributed by atoms with van der Waals surface area (Å²) in [7, 11) is 0. The molecular formula is C13H26N2O. The monoisotopic (exact) mass is 226 g/mol. The maximum Gasteiger partial charge on any atom is 0.236 e. The van der Waals surface area contributed by atoms with Gasteiger partial charge in [-0.15, -0.1) is 0 Å². The van der Waals surface area contributed by atoms with Crippen LogP contribution in [0.5, 0.6) is 0 Å². The Labute approximate surface area is 99.4 Å². The SMILES string of the molecule is CCCNC(=O)C(C)NCCC1CCCC1. The fraction of sp³-hybridized carbons (Fsp3) is 0.923. The van der Waals surface area contributed by atoms with Gasteiger partial charge in [0, 0.05) is 6.54 Å².